The van der Waals surface area contributed by atoms with Gasteiger partial charge >= 0.3 is 5.69 Å². The first kappa shape index (κ1) is 14.1. The van der Waals surface area contributed by atoms with E-state index in [1.807, 2.05) is 12.1 Å². The van der Waals surface area contributed by atoms with Gasteiger partial charge in [0.25, 0.3) is 0 Å². The summed E-state index contributed by atoms with van der Waals surface area (Å²) >= 11 is 0. The van der Waals surface area contributed by atoms with Crippen LogP contribution in [0.1, 0.15) is 12.8 Å². The number of rotatable bonds is 6. The summed E-state index contributed by atoms with van der Waals surface area (Å²) in [5.41, 5.74) is 0.652. The third-order valence-electron chi connectivity index (χ3n) is 3.23. The summed E-state index contributed by atoms with van der Waals surface area (Å²) in [4.78, 5) is 18.7. The summed E-state index contributed by atoms with van der Waals surface area (Å²) in [6.45, 7) is 0. The van der Waals surface area contributed by atoms with Gasteiger partial charge in [0.2, 0.25) is 11.8 Å². The van der Waals surface area contributed by atoms with Crippen molar-refractivity contribution in [2.75, 3.05) is 17.7 Å². The summed E-state index contributed by atoms with van der Waals surface area (Å²) < 4.78 is 5.09. The fourth-order valence-electron chi connectivity index (χ4n) is 1.90. The Bertz CT molecular complexity index is 685. The van der Waals surface area contributed by atoms with E-state index in [1.54, 1.807) is 19.2 Å². The molecule has 1 heterocycles. The third kappa shape index (κ3) is 3.22. The molecule has 114 valence electrons. The molecule has 1 aliphatic carbocycles. The second kappa shape index (κ2) is 5.84. The van der Waals surface area contributed by atoms with E-state index in [9.17, 15) is 10.1 Å². The zero-order valence-electron chi connectivity index (χ0n) is 11.9. The molecule has 2 aromatic rings. The molecule has 1 aromatic heterocycles. The minimum atomic E-state index is -0.484. The molecule has 1 saturated carbocycles. The van der Waals surface area contributed by atoms with Crippen LogP contribution in [0.25, 0.3) is 0 Å². The predicted molar refractivity (Wildman–Crippen MR) is 81.6 cm³/mol. The van der Waals surface area contributed by atoms with Gasteiger partial charge in [-0.3, -0.25) is 10.1 Å². The molecule has 1 aromatic carbocycles. The Morgan fingerprint density at radius 3 is 2.64 bits per heavy atom. The quantitative estimate of drug-likeness (QED) is 0.624. The van der Waals surface area contributed by atoms with Gasteiger partial charge in [0.05, 0.1) is 12.0 Å². The summed E-state index contributed by atoms with van der Waals surface area (Å²) in [5.74, 6) is 1.30. The molecule has 2 N–H and O–H groups in total. The van der Waals surface area contributed by atoms with Crippen LogP contribution in [0.2, 0.25) is 0 Å². The molecule has 0 bridgehead atoms. The summed E-state index contributed by atoms with van der Waals surface area (Å²) in [6.07, 6.45) is 3.22. The molecule has 0 atom stereocenters. The number of benzene rings is 1. The zero-order chi connectivity index (χ0) is 15.5. The van der Waals surface area contributed by atoms with Crippen molar-refractivity contribution in [1.82, 2.24) is 9.97 Å². The summed E-state index contributed by atoms with van der Waals surface area (Å²) in [7, 11) is 1.59. The van der Waals surface area contributed by atoms with Crippen LogP contribution in [0.4, 0.5) is 23.1 Å². The Morgan fingerprint density at radius 1 is 1.32 bits per heavy atom. The smallest absolute Gasteiger partial charge is 0.329 e. The van der Waals surface area contributed by atoms with Gasteiger partial charge in [-0.2, -0.15) is 4.98 Å². The number of anilines is 3. The normalized spacial score (nSPS) is 13.5. The predicted octanol–water partition coefficient (Wildman–Crippen LogP) is 2.71. The van der Waals surface area contributed by atoms with Crippen LogP contribution in [0, 0.1) is 10.1 Å². The highest BCUT2D eigenvalue weighted by atomic mass is 16.6. The number of ether oxygens (including phenoxy) is 1. The topological polar surface area (TPSA) is 102 Å². The van der Waals surface area contributed by atoms with Crippen LogP contribution in [0.5, 0.6) is 5.75 Å². The van der Waals surface area contributed by atoms with E-state index in [2.05, 4.69) is 20.6 Å². The fourth-order valence-corrected chi connectivity index (χ4v) is 1.90. The Balaban J connectivity index is 1.81. The van der Waals surface area contributed by atoms with E-state index in [4.69, 9.17) is 4.74 Å². The molecule has 8 nitrogen and oxygen atoms in total. The lowest BCUT2D eigenvalue weighted by Gasteiger charge is -2.08. The molecule has 0 radical (unpaired) electrons. The van der Waals surface area contributed by atoms with Gasteiger partial charge in [-0.1, -0.05) is 0 Å². The van der Waals surface area contributed by atoms with Gasteiger partial charge in [-0.25, -0.2) is 4.98 Å². The van der Waals surface area contributed by atoms with Crippen LogP contribution in [-0.2, 0) is 0 Å². The van der Waals surface area contributed by atoms with Gasteiger partial charge in [0.15, 0.2) is 0 Å². The van der Waals surface area contributed by atoms with Gasteiger partial charge in [-0.05, 0) is 37.1 Å². The highest BCUT2D eigenvalue weighted by Gasteiger charge is 2.26. The monoisotopic (exact) mass is 301 g/mol. The number of hydrogen-bond donors (Lipinski definition) is 2. The lowest BCUT2D eigenvalue weighted by atomic mass is 10.3. The lowest BCUT2D eigenvalue weighted by Crippen LogP contribution is -2.09. The van der Waals surface area contributed by atoms with Crippen molar-refractivity contribution in [3.63, 3.8) is 0 Å². The molecule has 1 aliphatic rings. The maximum Gasteiger partial charge on any atom is 0.329 e. The number of nitro groups is 1. The van der Waals surface area contributed by atoms with E-state index in [-0.39, 0.29) is 17.5 Å². The second-order valence-corrected chi connectivity index (χ2v) is 4.96. The molecular weight excluding hydrogens is 286 g/mol. The van der Waals surface area contributed by atoms with Crippen LogP contribution in [-0.4, -0.2) is 28.0 Å². The van der Waals surface area contributed by atoms with Crippen molar-refractivity contribution in [1.29, 1.82) is 0 Å². The Labute approximate surface area is 126 Å². The van der Waals surface area contributed by atoms with Gasteiger partial charge in [0.1, 0.15) is 11.9 Å². The van der Waals surface area contributed by atoms with E-state index >= 15 is 0 Å². The van der Waals surface area contributed by atoms with Gasteiger partial charge < -0.3 is 15.4 Å². The van der Waals surface area contributed by atoms with Crippen molar-refractivity contribution < 1.29 is 9.66 Å². The minimum absolute atomic E-state index is 0.118. The van der Waals surface area contributed by atoms with Crippen molar-refractivity contribution in [2.24, 2.45) is 0 Å². The second-order valence-electron chi connectivity index (χ2n) is 4.96. The van der Waals surface area contributed by atoms with E-state index in [0.29, 0.717) is 5.95 Å². The molecule has 0 aliphatic heterocycles. The maximum absolute atomic E-state index is 11.0. The number of methoxy groups -OCH3 is 1. The molecule has 3 rings (SSSR count). The summed E-state index contributed by atoms with van der Waals surface area (Å²) in [6, 6.07) is 7.51. The van der Waals surface area contributed by atoms with Crippen molar-refractivity contribution in [3.8, 4) is 5.75 Å². The first-order valence-corrected chi connectivity index (χ1v) is 6.85. The molecule has 1 fully saturated rings. The van der Waals surface area contributed by atoms with Crippen LogP contribution < -0.4 is 15.4 Å². The molecule has 0 spiro atoms. The fraction of sp³-hybridized carbons (Fsp3) is 0.286. The number of hydrogen-bond acceptors (Lipinski definition) is 7. The van der Waals surface area contributed by atoms with Gasteiger partial charge in [-0.15, -0.1) is 0 Å². The number of nitrogens with one attached hydrogen (secondary N) is 2. The molecule has 22 heavy (non-hydrogen) atoms. The molecular formula is C14H15N5O3. The van der Waals surface area contributed by atoms with E-state index < -0.39 is 4.92 Å². The minimum Gasteiger partial charge on any atom is -0.497 e. The highest BCUT2D eigenvalue weighted by Crippen LogP contribution is 2.30. The maximum atomic E-state index is 11.0. The number of aromatic nitrogens is 2. The first-order chi connectivity index (χ1) is 10.7. The van der Waals surface area contributed by atoms with Crippen molar-refractivity contribution in [3.05, 3.63) is 40.6 Å². The zero-order valence-corrected chi connectivity index (χ0v) is 11.9. The Kier molecular flexibility index (Phi) is 3.73. The van der Waals surface area contributed by atoms with Gasteiger partial charge in [0, 0.05) is 11.7 Å². The molecule has 8 heteroatoms. The van der Waals surface area contributed by atoms with E-state index in [0.717, 1.165) is 24.3 Å². The lowest BCUT2D eigenvalue weighted by molar-refractivity contribution is -0.384. The Morgan fingerprint density at radius 2 is 2.05 bits per heavy atom. The standard InChI is InChI=1S/C14H15N5O3/c1-22-11-6-4-10(5-7-11)17-14-15-8-12(19(20)21)13(18-14)16-9-2-3-9/h4-9H,2-3H2,1H3,(H2,15,16,17,18). The van der Waals surface area contributed by atoms with Crippen LogP contribution in [0.3, 0.4) is 0 Å². The molecule has 0 saturated heterocycles. The Hall–Kier alpha value is -2.90. The van der Waals surface area contributed by atoms with Crippen LogP contribution >= 0.6 is 0 Å². The molecule has 0 amide bonds. The van der Waals surface area contributed by atoms with Crippen molar-refractivity contribution in [2.45, 2.75) is 18.9 Å². The third-order valence-corrected chi connectivity index (χ3v) is 3.23. The summed E-state index contributed by atoms with van der Waals surface area (Å²) in [5, 5.41) is 17.1. The first-order valence-electron chi connectivity index (χ1n) is 6.85. The average molecular weight is 301 g/mol. The molecule has 0 unspecified atom stereocenters. The highest BCUT2D eigenvalue weighted by molar-refractivity contribution is 5.61. The van der Waals surface area contributed by atoms with E-state index in [1.165, 1.54) is 6.20 Å². The van der Waals surface area contributed by atoms with Crippen molar-refractivity contribution >= 4 is 23.1 Å². The average Bonchev–Trinajstić information content (AvgIpc) is 3.32. The SMILES string of the molecule is COc1ccc(Nc2ncc([N+](=O)[O-])c(NC3CC3)n2)cc1. The van der Waals surface area contributed by atoms with Crippen LogP contribution in [0.15, 0.2) is 30.5 Å². The largest absolute Gasteiger partial charge is 0.497 e. The number of nitrogens with zero attached hydrogens (tertiary/aromatic N) is 3.